The lowest BCUT2D eigenvalue weighted by Crippen LogP contribution is -2.32. The molecule has 1 amide bonds. The number of aryl methyl sites for hydroxylation is 1. The third-order valence-electron chi connectivity index (χ3n) is 3.68. The molecule has 142 valence electrons. The van der Waals surface area contributed by atoms with E-state index in [9.17, 15) is 19.7 Å². The number of hydrogen-bond donors (Lipinski definition) is 2. The Morgan fingerprint density at radius 2 is 1.70 bits per heavy atom. The van der Waals surface area contributed by atoms with Crippen LogP contribution in [0.4, 0.5) is 11.4 Å². The summed E-state index contributed by atoms with van der Waals surface area (Å²) in [7, 11) is 0. The molecule has 0 saturated heterocycles. The minimum atomic E-state index is -0.467. The molecule has 0 aliphatic rings. The summed E-state index contributed by atoms with van der Waals surface area (Å²) in [6.45, 7) is 0.452. The Bertz CT molecular complexity index is 763. The predicted molar refractivity (Wildman–Crippen MR) is 100 cm³/mol. The van der Waals surface area contributed by atoms with Gasteiger partial charge in [-0.3, -0.25) is 19.7 Å². The van der Waals surface area contributed by atoms with E-state index >= 15 is 0 Å². The van der Waals surface area contributed by atoms with E-state index in [1.54, 1.807) is 12.1 Å². The summed E-state index contributed by atoms with van der Waals surface area (Å²) in [6, 6.07) is 15.5. The molecule has 0 aliphatic heterocycles. The number of amides is 1. The molecule has 8 nitrogen and oxygen atoms in total. The molecular weight excluding hydrogens is 350 g/mol. The van der Waals surface area contributed by atoms with Crippen molar-refractivity contribution in [1.82, 2.24) is 5.32 Å². The van der Waals surface area contributed by atoms with Crippen molar-refractivity contribution < 1.29 is 19.2 Å². The van der Waals surface area contributed by atoms with E-state index in [1.807, 2.05) is 30.3 Å². The first-order valence-corrected chi connectivity index (χ1v) is 8.49. The largest absolute Gasteiger partial charge is 0.456 e. The van der Waals surface area contributed by atoms with Gasteiger partial charge in [0, 0.05) is 37.3 Å². The molecule has 2 rings (SSSR count). The molecule has 8 heteroatoms. The van der Waals surface area contributed by atoms with Gasteiger partial charge in [-0.05, 0) is 24.1 Å². The topological polar surface area (TPSA) is 111 Å². The highest BCUT2D eigenvalue weighted by molar-refractivity contribution is 5.80. The Morgan fingerprint density at radius 3 is 2.37 bits per heavy atom. The van der Waals surface area contributed by atoms with Crippen LogP contribution in [0, 0.1) is 10.1 Å². The van der Waals surface area contributed by atoms with Crippen molar-refractivity contribution in [2.24, 2.45) is 0 Å². The van der Waals surface area contributed by atoms with Gasteiger partial charge in [0.2, 0.25) is 0 Å². The SMILES string of the molecule is O=C(COC(=O)CCc1ccccc1)NCCNc1ccc([N+](=O)[O-])cc1. The number of non-ortho nitro benzene ring substituents is 1. The van der Waals surface area contributed by atoms with Gasteiger partial charge in [0.05, 0.1) is 4.92 Å². The molecular formula is C19H21N3O5. The van der Waals surface area contributed by atoms with Crippen LogP contribution in [0.3, 0.4) is 0 Å². The third-order valence-corrected chi connectivity index (χ3v) is 3.68. The van der Waals surface area contributed by atoms with Gasteiger partial charge in [0.25, 0.3) is 11.6 Å². The van der Waals surface area contributed by atoms with Crippen LogP contribution in [0.25, 0.3) is 0 Å². The molecule has 0 bridgehead atoms. The lowest BCUT2D eigenvalue weighted by Gasteiger charge is -2.08. The number of nitrogens with one attached hydrogen (secondary N) is 2. The van der Waals surface area contributed by atoms with E-state index in [2.05, 4.69) is 10.6 Å². The lowest BCUT2D eigenvalue weighted by atomic mass is 10.1. The fourth-order valence-electron chi connectivity index (χ4n) is 2.27. The van der Waals surface area contributed by atoms with Crippen LogP contribution in [-0.4, -0.2) is 36.5 Å². The van der Waals surface area contributed by atoms with Crippen LogP contribution in [-0.2, 0) is 20.7 Å². The minimum Gasteiger partial charge on any atom is -0.456 e. The summed E-state index contributed by atoms with van der Waals surface area (Å²) in [6.07, 6.45) is 0.791. The van der Waals surface area contributed by atoms with Crippen LogP contribution >= 0.6 is 0 Å². The Morgan fingerprint density at radius 1 is 1.00 bits per heavy atom. The molecule has 0 spiro atoms. The number of anilines is 1. The summed E-state index contributed by atoms with van der Waals surface area (Å²) in [5, 5.41) is 16.2. The van der Waals surface area contributed by atoms with E-state index in [0.717, 1.165) is 5.56 Å². The fourth-order valence-corrected chi connectivity index (χ4v) is 2.27. The molecule has 0 radical (unpaired) electrons. The predicted octanol–water partition coefficient (Wildman–Crippen LogP) is 2.30. The normalized spacial score (nSPS) is 10.1. The first-order chi connectivity index (χ1) is 13.0. The Labute approximate surface area is 156 Å². The van der Waals surface area contributed by atoms with Crippen molar-refractivity contribution in [1.29, 1.82) is 0 Å². The summed E-state index contributed by atoms with van der Waals surface area (Å²) >= 11 is 0. The molecule has 0 unspecified atom stereocenters. The van der Waals surface area contributed by atoms with Gasteiger partial charge < -0.3 is 15.4 Å². The van der Waals surface area contributed by atoms with Gasteiger partial charge in [0.1, 0.15) is 0 Å². The van der Waals surface area contributed by atoms with Gasteiger partial charge in [-0.25, -0.2) is 0 Å². The lowest BCUT2D eigenvalue weighted by molar-refractivity contribution is -0.384. The smallest absolute Gasteiger partial charge is 0.306 e. The number of esters is 1. The first-order valence-electron chi connectivity index (χ1n) is 8.49. The van der Waals surface area contributed by atoms with Gasteiger partial charge in [-0.1, -0.05) is 30.3 Å². The number of carbonyl (C=O) groups is 2. The number of carbonyl (C=O) groups excluding carboxylic acids is 2. The number of rotatable bonds is 10. The third kappa shape index (κ3) is 7.55. The van der Waals surface area contributed by atoms with Crippen LogP contribution in [0.2, 0.25) is 0 Å². The summed E-state index contributed by atoms with van der Waals surface area (Å²) in [5.41, 5.74) is 1.77. The first kappa shape index (κ1) is 19.9. The Kier molecular flexibility index (Phi) is 7.77. The average Bonchev–Trinajstić information content (AvgIpc) is 2.69. The fraction of sp³-hybridized carbons (Fsp3) is 0.263. The van der Waals surface area contributed by atoms with Crippen molar-refractivity contribution in [2.75, 3.05) is 25.0 Å². The number of nitro benzene ring substituents is 1. The molecule has 0 aromatic heterocycles. The maximum Gasteiger partial charge on any atom is 0.306 e. The number of ether oxygens (including phenoxy) is 1. The number of nitro groups is 1. The second-order valence-electron chi connectivity index (χ2n) is 5.73. The maximum atomic E-state index is 11.7. The van der Waals surface area contributed by atoms with Gasteiger partial charge in [-0.15, -0.1) is 0 Å². The molecule has 2 N–H and O–H groups in total. The highest BCUT2D eigenvalue weighted by Gasteiger charge is 2.08. The van der Waals surface area contributed by atoms with Crippen LogP contribution in [0.5, 0.6) is 0 Å². The Balaban J connectivity index is 1.56. The summed E-state index contributed by atoms with van der Waals surface area (Å²) < 4.78 is 4.94. The average molecular weight is 371 g/mol. The van der Waals surface area contributed by atoms with E-state index in [1.165, 1.54) is 12.1 Å². The van der Waals surface area contributed by atoms with E-state index < -0.39 is 10.9 Å². The van der Waals surface area contributed by atoms with Crippen LogP contribution < -0.4 is 10.6 Å². The van der Waals surface area contributed by atoms with Crippen LogP contribution in [0.15, 0.2) is 54.6 Å². The molecule has 0 fully saturated rings. The highest BCUT2D eigenvalue weighted by atomic mass is 16.6. The van der Waals surface area contributed by atoms with Gasteiger partial charge >= 0.3 is 5.97 Å². The summed E-state index contributed by atoms with van der Waals surface area (Å²) in [4.78, 5) is 33.4. The van der Waals surface area contributed by atoms with Crippen LogP contribution in [0.1, 0.15) is 12.0 Å². The molecule has 0 heterocycles. The quantitative estimate of drug-likeness (QED) is 0.287. The number of hydrogen-bond acceptors (Lipinski definition) is 6. The second kappa shape index (κ2) is 10.5. The Hall–Kier alpha value is -3.42. The van der Waals surface area contributed by atoms with Gasteiger partial charge in [-0.2, -0.15) is 0 Å². The molecule has 0 aliphatic carbocycles. The van der Waals surface area contributed by atoms with E-state index in [-0.39, 0.29) is 24.6 Å². The standard InChI is InChI=1S/C19H21N3O5/c23-18(14-27-19(24)11-6-15-4-2-1-3-5-15)21-13-12-20-16-7-9-17(10-8-16)22(25)26/h1-5,7-10,20H,6,11-14H2,(H,21,23). The molecule has 27 heavy (non-hydrogen) atoms. The molecule has 2 aromatic carbocycles. The van der Waals surface area contributed by atoms with E-state index in [0.29, 0.717) is 25.2 Å². The minimum absolute atomic E-state index is 0.0166. The molecule has 2 aromatic rings. The van der Waals surface area contributed by atoms with Crippen molar-refractivity contribution in [3.8, 4) is 0 Å². The zero-order chi connectivity index (χ0) is 19.5. The van der Waals surface area contributed by atoms with Gasteiger partial charge in [0.15, 0.2) is 6.61 Å². The van der Waals surface area contributed by atoms with E-state index in [4.69, 9.17) is 4.74 Å². The number of benzene rings is 2. The monoisotopic (exact) mass is 371 g/mol. The van der Waals surface area contributed by atoms with Crippen molar-refractivity contribution in [3.63, 3.8) is 0 Å². The maximum absolute atomic E-state index is 11.7. The van der Waals surface area contributed by atoms with Crippen molar-refractivity contribution in [3.05, 3.63) is 70.3 Å². The second-order valence-corrected chi connectivity index (χ2v) is 5.73. The zero-order valence-electron chi connectivity index (χ0n) is 14.7. The summed E-state index contributed by atoms with van der Waals surface area (Å²) in [5.74, 6) is -0.799. The number of nitrogens with zero attached hydrogens (tertiary/aromatic N) is 1. The molecule has 0 saturated carbocycles. The zero-order valence-corrected chi connectivity index (χ0v) is 14.7. The highest BCUT2D eigenvalue weighted by Crippen LogP contribution is 2.14. The van der Waals surface area contributed by atoms with Crippen molar-refractivity contribution in [2.45, 2.75) is 12.8 Å². The van der Waals surface area contributed by atoms with Crippen molar-refractivity contribution >= 4 is 23.3 Å². The molecule has 0 atom stereocenters.